The SMILES string of the molecule is CN1CC2C3CCCCCCCC3CCC[C@@H]2C1. The van der Waals surface area contributed by atoms with Crippen LogP contribution in [0, 0.1) is 23.7 Å². The van der Waals surface area contributed by atoms with E-state index in [0.29, 0.717) is 0 Å². The Kier molecular flexibility index (Phi) is 4.28. The summed E-state index contributed by atoms with van der Waals surface area (Å²) < 4.78 is 0. The van der Waals surface area contributed by atoms with Crippen LogP contribution in [0.3, 0.4) is 0 Å². The Morgan fingerprint density at radius 2 is 1.28 bits per heavy atom. The molecule has 0 N–H and O–H groups in total. The van der Waals surface area contributed by atoms with Crippen LogP contribution in [0.15, 0.2) is 0 Å². The van der Waals surface area contributed by atoms with Gasteiger partial charge in [0.05, 0.1) is 0 Å². The minimum Gasteiger partial charge on any atom is -0.306 e. The van der Waals surface area contributed by atoms with Gasteiger partial charge in [-0.25, -0.2) is 0 Å². The van der Waals surface area contributed by atoms with E-state index in [0.717, 1.165) is 23.7 Å². The van der Waals surface area contributed by atoms with E-state index < -0.39 is 0 Å². The third-order valence-corrected chi connectivity index (χ3v) is 6.09. The van der Waals surface area contributed by atoms with E-state index in [2.05, 4.69) is 11.9 Å². The van der Waals surface area contributed by atoms with Crippen molar-refractivity contribution < 1.29 is 0 Å². The Hall–Kier alpha value is -0.0400. The lowest BCUT2D eigenvalue weighted by molar-refractivity contribution is 0.184. The largest absolute Gasteiger partial charge is 0.306 e. The molecule has 0 aromatic carbocycles. The van der Waals surface area contributed by atoms with Crippen molar-refractivity contribution >= 4 is 0 Å². The van der Waals surface area contributed by atoms with Crippen molar-refractivity contribution in [2.75, 3.05) is 20.1 Å². The molecule has 0 amide bonds. The molecule has 0 aromatic rings. The monoisotopic (exact) mass is 249 g/mol. The lowest BCUT2D eigenvalue weighted by Crippen LogP contribution is -2.27. The van der Waals surface area contributed by atoms with Crippen LogP contribution in [0.4, 0.5) is 0 Å². The van der Waals surface area contributed by atoms with Gasteiger partial charge < -0.3 is 4.90 Å². The summed E-state index contributed by atoms with van der Waals surface area (Å²) >= 11 is 0. The second-order valence-corrected chi connectivity index (χ2v) is 7.35. The maximum Gasteiger partial charge on any atom is 0.00126 e. The molecular weight excluding hydrogens is 218 g/mol. The van der Waals surface area contributed by atoms with Gasteiger partial charge in [-0.05, 0) is 43.6 Å². The van der Waals surface area contributed by atoms with Gasteiger partial charge in [0.15, 0.2) is 0 Å². The van der Waals surface area contributed by atoms with Crippen LogP contribution in [0.2, 0.25) is 0 Å². The smallest absolute Gasteiger partial charge is 0.00126 e. The van der Waals surface area contributed by atoms with Crippen molar-refractivity contribution in [2.45, 2.75) is 64.2 Å². The van der Waals surface area contributed by atoms with Crippen LogP contribution < -0.4 is 0 Å². The van der Waals surface area contributed by atoms with Gasteiger partial charge in [0.2, 0.25) is 0 Å². The third-order valence-electron chi connectivity index (χ3n) is 6.09. The number of likely N-dealkylation sites (tertiary alicyclic amines) is 1. The maximum absolute atomic E-state index is 2.62. The molecule has 2 saturated carbocycles. The van der Waals surface area contributed by atoms with Crippen LogP contribution in [-0.2, 0) is 0 Å². The van der Waals surface area contributed by atoms with E-state index >= 15 is 0 Å². The average Bonchev–Trinajstić information content (AvgIpc) is 2.70. The molecule has 1 aliphatic heterocycles. The van der Waals surface area contributed by atoms with E-state index in [1.165, 1.54) is 58.0 Å². The Morgan fingerprint density at radius 1 is 0.611 bits per heavy atom. The van der Waals surface area contributed by atoms with E-state index in [1.54, 1.807) is 19.3 Å². The van der Waals surface area contributed by atoms with Crippen LogP contribution in [0.5, 0.6) is 0 Å². The summed E-state index contributed by atoms with van der Waals surface area (Å²) in [5.41, 5.74) is 0. The van der Waals surface area contributed by atoms with Crippen LogP contribution in [-0.4, -0.2) is 25.0 Å². The molecule has 0 bridgehead atoms. The molecule has 1 heterocycles. The molecule has 2 aliphatic carbocycles. The normalized spacial score (nSPS) is 43.2. The summed E-state index contributed by atoms with van der Waals surface area (Å²) in [7, 11) is 2.35. The lowest BCUT2D eigenvalue weighted by atomic mass is 9.74. The van der Waals surface area contributed by atoms with Gasteiger partial charge in [-0.1, -0.05) is 51.4 Å². The maximum atomic E-state index is 2.62. The number of nitrogens with zero attached hydrogens (tertiary/aromatic N) is 1. The molecule has 3 aliphatic rings. The Balaban J connectivity index is 1.74. The van der Waals surface area contributed by atoms with Crippen molar-refractivity contribution in [3.8, 4) is 0 Å². The van der Waals surface area contributed by atoms with Gasteiger partial charge in [0, 0.05) is 13.1 Å². The van der Waals surface area contributed by atoms with Gasteiger partial charge in [0.1, 0.15) is 0 Å². The summed E-state index contributed by atoms with van der Waals surface area (Å²) in [4.78, 5) is 2.62. The fourth-order valence-electron chi connectivity index (χ4n) is 5.24. The number of hydrogen-bond acceptors (Lipinski definition) is 1. The molecule has 3 unspecified atom stereocenters. The first kappa shape index (κ1) is 13.0. The zero-order chi connectivity index (χ0) is 12.4. The summed E-state index contributed by atoms with van der Waals surface area (Å²) in [6.07, 6.45) is 15.3. The van der Waals surface area contributed by atoms with E-state index in [9.17, 15) is 0 Å². The van der Waals surface area contributed by atoms with Gasteiger partial charge >= 0.3 is 0 Å². The molecule has 3 rings (SSSR count). The summed E-state index contributed by atoms with van der Waals surface area (Å²) in [5.74, 6) is 4.27. The molecule has 1 nitrogen and oxygen atoms in total. The lowest BCUT2D eigenvalue weighted by Gasteiger charge is -2.31. The summed E-state index contributed by atoms with van der Waals surface area (Å²) in [6, 6.07) is 0. The third kappa shape index (κ3) is 2.76. The second-order valence-electron chi connectivity index (χ2n) is 7.35. The standard InChI is InChI=1S/C17H31N/c1-18-12-15-10-7-9-14-8-5-3-2-4-6-11-16(14)17(15)13-18/h14-17H,2-13H2,1H3/t14?,15-,16?,17?/m1/s1. The van der Waals surface area contributed by atoms with Crippen molar-refractivity contribution in [1.82, 2.24) is 4.90 Å². The fourth-order valence-corrected chi connectivity index (χ4v) is 5.24. The average molecular weight is 249 g/mol. The highest BCUT2D eigenvalue weighted by Crippen LogP contribution is 2.45. The topological polar surface area (TPSA) is 3.24 Å². The predicted octanol–water partition coefficient (Wildman–Crippen LogP) is 4.32. The van der Waals surface area contributed by atoms with E-state index in [4.69, 9.17) is 0 Å². The predicted molar refractivity (Wildman–Crippen MR) is 77.6 cm³/mol. The zero-order valence-corrected chi connectivity index (χ0v) is 12.2. The number of rotatable bonds is 0. The summed E-state index contributed by atoms with van der Waals surface area (Å²) in [6.45, 7) is 2.81. The second kappa shape index (κ2) is 5.94. The molecule has 104 valence electrons. The molecule has 0 spiro atoms. The Morgan fingerprint density at radius 3 is 2.17 bits per heavy atom. The first-order valence-corrected chi connectivity index (χ1v) is 8.53. The highest BCUT2D eigenvalue weighted by molar-refractivity contribution is 4.92. The van der Waals surface area contributed by atoms with E-state index in [-0.39, 0.29) is 0 Å². The highest BCUT2D eigenvalue weighted by atomic mass is 15.1. The number of hydrogen-bond donors (Lipinski definition) is 0. The van der Waals surface area contributed by atoms with Crippen molar-refractivity contribution in [1.29, 1.82) is 0 Å². The molecule has 4 atom stereocenters. The molecule has 18 heavy (non-hydrogen) atoms. The minimum atomic E-state index is 1.05. The highest BCUT2D eigenvalue weighted by Gasteiger charge is 2.40. The molecule has 3 fully saturated rings. The van der Waals surface area contributed by atoms with E-state index in [1.807, 2.05) is 0 Å². The molecule has 0 aromatic heterocycles. The van der Waals surface area contributed by atoms with Crippen molar-refractivity contribution in [2.24, 2.45) is 23.7 Å². The molecular formula is C17H31N. The zero-order valence-electron chi connectivity index (χ0n) is 12.2. The molecule has 1 heteroatoms. The van der Waals surface area contributed by atoms with Crippen LogP contribution >= 0.6 is 0 Å². The van der Waals surface area contributed by atoms with Gasteiger partial charge in [0.25, 0.3) is 0 Å². The minimum absolute atomic E-state index is 1.05. The number of fused-ring (bicyclic) bond motifs is 3. The molecule has 1 saturated heterocycles. The van der Waals surface area contributed by atoms with Gasteiger partial charge in [-0.3, -0.25) is 0 Å². The van der Waals surface area contributed by atoms with Gasteiger partial charge in [-0.2, -0.15) is 0 Å². The first-order chi connectivity index (χ1) is 8.84. The van der Waals surface area contributed by atoms with Crippen molar-refractivity contribution in [3.05, 3.63) is 0 Å². The van der Waals surface area contributed by atoms with Gasteiger partial charge in [-0.15, -0.1) is 0 Å². The fraction of sp³-hybridized carbons (Fsp3) is 1.00. The van der Waals surface area contributed by atoms with Crippen LogP contribution in [0.1, 0.15) is 64.2 Å². The molecule has 0 radical (unpaired) electrons. The quantitative estimate of drug-likeness (QED) is 0.618. The Labute approximate surface area is 113 Å². The first-order valence-electron chi connectivity index (χ1n) is 8.53. The summed E-state index contributed by atoms with van der Waals surface area (Å²) in [5, 5.41) is 0. The Bertz CT molecular complexity index is 262. The van der Waals surface area contributed by atoms with Crippen LogP contribution in [0.25, 0.3) is 0 Å². The van der Waals surface area contributed by atoms with Crippen molar-refractivity contribution in [3.63, 3.8) is 0 Å².